The number of Topliss-reactive ketones (excluding diaryl/α,β-unsaturated/α-hetero) is 1. The Balaban J connectivity index is 1.69. The quantitative estimate of drug-likeness (QED) is 0.323. The normalized spacial score (nSPS) is 15.8. The van der Waals surface area contributed by atoms with Crippen LogP contribution < -0.4 is 14.4 Å². The smallest absolute Gasteiger partial charge is 0.296 e. The molecule has 0 bridgehead atoms. The summed E-state index contributed by atoms with van der Waals surface area (Å²) in [4.78, 5) is 33.4. The fraction of sp³-hybridized carbons (Fsp3) is 0.192. The Morgan fingerprint density at radius 1 is 1.11 bits per heavy atom. The molecule has 35 heavy (non-hydrogen) atoms. The number of carbonyl (C=O) groups excluding carboxylic acids is 2. The summed E-state index contributed by atoms with van der Waals surface area (Å²) < 4.78 is 11.8. The first kappa shape index (κ1) is 23.1. The third kappa shape index (κ3) is 3.86. The van der Waals surface area contributed by atoms with E-state index in [4.69, 9.17) is 9.47 Å². The highest BCUT2D eigenvalue weighted by molar-refractivity contribution is 7.22. The molecule has 0 saturated heterocycles. The summed E-state index contributed by atoms with van der Waals surface area (Å²) >= 11 is 2.60. The van der Waals surface area contributed by atoms with Crippen LogP contribution in [-0.2, 0) is 11.2 Å². The number of aromatic nitrogens is 1. The number of aryl methyl sites for hydroxylation is 1. The molecule has 7 nitrogen and oxygen atoms in total. The average Bonchev–Trinajstić information content (AvgIpc) is 3.61. The van der Waals surface area contributed by atoms with Crippen LogP contribution in [0.2, 0.25) is 0 Å². The zero-order valence-corrected chi connectivity index (χ0v) is 20.9. The predicted molar refractivity (Wildman–Crippen MR) is 137 cm³/mol. The van der Waals surface area contributed by atoms with E-state index in [1.807, 2.05) is 18.2 Å². The monoisotopic (exact) mass is 506 g/mol. The molecule has 1 aliphatic heterocycles. The first-order valence-corrected chi connectivity index (χ1v) is 12.6. The summed E-state index contributed by atoms with van der Waals surface area (Å²) in [5, 5.41) is 13.2. The highest BCUT2D eigenvalue weighted by atomic mass is 32.1. The van der Waals surface area contributed by atoms with Gasteiger partial charge in [0.25, 0.3) is 5.91 Å². The van der Waals surface area contributed by atoms with Crippen molar-refractivity contribution in [2.45, 2.75) is 19.4 Å². The average molecular weight is 507 g/mol. The number of aliphatic hydroxyl groups excluding tert-OH is 1. The number of ether oxygens (including phenoxy) is 2. The number of rotatable bonds is 7. The number of benzene rings is 2. The number of methoxy groups -OCH3 is 2. The van der Waals surface area contributed by atoms with E-state index in [1.54, 1.807) is 35.7 Å². The van der Waals surface area contributed by atoms with Gasteiger partial charge in [-0.05, 0) is 53.3 Å². The molecule has 3 heterocycles. The number of fused-ring (bicyclic) bond motifs is 1. The van der Waals surface area contributed by atoms with E-state index in [0.29, 0.717) is 27.1 Å². The fourth-order valence-electron chi connectivity index (χ4n) is 4.19. The molecule has 0 spiro atoms. The van der Waals surface area contributed by atoms with Crippen LogP contribution >= 0.6 is 22.7 Å². The molecule has 1 N–H and O–H groups in total. The van der Waals surface area contributed by atoms with Gasteiger partial charge in [0, 0.05) is 0 Å². The van der Waals surface area contributed by atoms with Gasteiger partial charge in [-0.1, -0.05) is 36.5 Å². The van der Waals surface area contributed by atoms with Crippen LogP contribution in [0.1, 0.15) is 33.8 Å². The van der Waals surface area contributed by atoms with Gasteiger partial charge in [0.05, 0.1) is 40.9 Å². The van der Waals surface area contributed by atoms with E-state index in [-0.39, 0.29) is 5.57 Å². The van der Waals surface area contributed by atoms with Crippen molar-refractivity contribution in [3.8, 4) is 11.5 Å². The number of anilines is 1. The molecule has 178 valence electrons. The van der Waals surface area contributed by atoms with E-state index in [0.717, 1.165) is 22.2 Å². The molecule has 0 saturated carbocycles. The van der Waals surface area contributed by atoms with Crippen LogP contribution in [0, 0.1) is 0 Å². The van der Waals surface area contributed by atoms with Crippen LogP contribution in [0.15, 0.2) is 65.2 Å². The summed E-state index contributed by atoms with van der Waals surface area (Å²) in [6, 6.07) is 13.7. The van der Waals surface area contributed by atoms with Gasteiger partial charge in [-0.3, -0.25) is 14.5 Å². The van der Waals surface area contributed by atoms with Crippen LogP contribution in [0.4, 0.5) is 5.13 Å². The fourth-order valence-corrected chi connectivity index (χ4v) is 5.93. The van der Waals surface area contributed by atoms with E-state index in [1.165, 1.54) is 41.8 Å². The van der Waals surface area contributed by atoms with Crippen LogP contribution in [-0.4, -0.2) is 36.0 Å². The molecule has 1 aliphatic rings. The molecule has 0 radical (unpaired) electrons. The van der Waals surface area contributed by atoms with Crippen molar-refractivity contribution in [1.29, 1.82) is 0 Å². The second-order valence-corrected chi connectivity index (χ2v) is 9.87. The van der Waals surface area contributed by atoms with Gasteiger partial charge in [0.15, 0.2) is 22.4 Å². The number of thiophene rings is 1. The molecule has 5 rings (SSSR count). The number of carbonyl (C=O) groups is 2. The Bertz CT molecular complexity index is 1470. The highest BCUT2D eigenvalue weighted by Gasteiger charge is 2.46. The van der Waals surface area contributed by atoms with Crippen molar-refractivity contribution < 1.29 is 24.2 Å². The second kappa shape index (κ2) is 9.16. The standard InChI is InChI=1S/C26H22N2O5S2/c1-4-14-7-9-16-20(12-14)35-26(27-16)28-22(15-8-10-17(32-2)18(13-15)33-3)21(24(30)25(28)31)23(29)19-6-5-11-34-19/h5-13,22,30H,4H2,1-3H3/t22-/m0/s1. The van der Waals surface area contributed by atoms with E-state index < -0.39 is 23.5 Å². The topological polar surface area (TPSA) is 89.0 Å². The molecule has 0 unspecified atom stereocenters. The maximum Gasteiger partial charge on any atom is 0.296 e. The Labute approximate surface area is 209 Å². The van der Waals surface area contributed by atoms with Gasteiger partial charge in [-0.2, -0.15) is 0 Å². The maximum absolute atomic E-state index is 13.5. The van der Waals surface area contributed by atoms with Gasteiger partial charge < -0.3 is 14.6 Å². The third-order valence-corrected chi connectivity index (χ3v) is 7.86. The molecular formula is C26H22N2O5S2. The van der Waals surface area contributed by atoms with Gasteiger partial charge in [-0.15, -0.1) is 11.3 Å². The molecule has 2 aromatic carbocycles. The molecule has 4 aromatic rings. The Kier molecular flexibility index (Phi) is 6.04. The zero-order chi connectivity index (χ0) is 24.7. The third-order valence-electron chi connectivity index (χ3n) is 5.98. The van der Waals surface area contributed by atoms with Crippen LogP contribution in [0.3, 0.4) is 0 Å². The predicted octanol–water partition coefficient (Wildman–Crippen LogP) is 5.72. The SMILES string of the molecule is CCc1ccc2nc(N3C(=O)C(O)=C(C(=O)c4cccs4)[C@@H]3c3ccc(OC)c(OC)c3)sc2c1. The summed E-state index contributed by atoms with van der Waals surface area (Å²) in [5.74, 6) is -0.680. The molecule has 0 aliphatic carbocycles. The summed E-state index contributed by atoms with van der Waals surface area (Å²) in [6.07, 6.45) is 0.877. The number of aliphatic hydroxyl groups is 1. The van der Waals surface area contributed by atoms with Gasteiger partial charge >= 0.3 is 0 Å². The minimum Gasteiger partial charge on any atom is -0.503 e. The molecular weight excluding hydrogens is 484 g/mol. The lowest BCUT2D eigenvalue weighted by atomic mass is 9.95. The van der Waals surface area contributed by atoms with Crippen LogP contribution in [0.5, 0.6) is 11.5 Å². The Hall–Kier alpha value is -3.69. The van der Waals surface area contributed by atoms with E-state index in [9.17, 15) is 14.7 Å². The first-order valence-electron chi connectivity index (χ1n) is 10.9. The lowest BCUT2D eigenvalue weighted by molar-refractivity contribution is -0.117. The van der Waals surface area contributed by atoms with Crippen molar-refractivity contribution in [2.24, 2.45) is 0 Å². The zero-order valence-electron chi connectivity index (χ0n) is 19.3. The van der Waals surface area contributed by atoms with E-state index in [2.05, 4.69) is 11.9 Å². The second-order valence-electron chi connectivity index (χ2n) is 7.91. The van der Waals surface area contributed by atoms with Crippen molar-refractivity contribution >= 4 is 49.7 Å². The minimum absolute atomic E-state index is 0.0122. The van der Waals surface area contributed by atoms with Gasteiger partial charge in [0.2, 0.25) is 5.78 Å². The lowest BCUT2D eigenvalue weighted by Crippen LogP contribution is -2.31. The van der Waals surface area contributed by atoms with Gasteiger partial charge in [-0.25, -0.2) is 4.98 Å². The molecule has 2 aromatic heterocycles. The summed E-state index contributed by atoms with van der Waals surface area (Å²) in [7, 11) is 3.05. The molecule has 1 atom stereocenters. The number of hydrogen-bond donors (Lipinski definition) is 1. The van der Waals surface area contributed by atoms with Gasteiger partial charge in [0.1, 0.15) is 0 Å². The number of hydrogen-bond acceptors (Lipinski definition) is 8. The van der Waals surface area contributed by atoms with Crippen molar-refractivity contribution in [1.82, 2.24) is 4.98 Å². The highest BCUT2D eigenvalue weighted by Crippen LogP contribution is 2.46. The molecule has 0 fully saturated rings. The minimum atomic E-state index is -0.886. The molecule has 1 amide bonds. The number of amides is 1. The number of ketones is 1. The summed E-state index contributed by atoms with van der Waals surface area (Å²) in [6.45, 7) is 2.07. The van der Waals surface area contributed by atoms with Crippen molar-refractivity contribution in [3.63, 3.8) is 0 Å². The maximum atomic E-state index is 13.5. The largest absolute Gasteiger partial charge is 0.503 e. The Morgan fingerprint density at radius 3 is 2.60 bits per heavy atom. The lowest BCUT2D eigenvalue weighted by Gasteiger charge is -2.25. The van der Waals surface area contributed by atoms with Crippen molar-refractivity contribution in [2.75, 3.05) is 19.1 Å². The Morgan fingerprint density at radius 2 is 1.91 bits per heavy atom. The first-order chi connectivity index (χ1) is 17.0. The van der Waals surface area contributed by atoms with E-state index >= 15 is 0 Å². The number of nitrogens with zero attached hydrogens (tertiary/aromatic N) is 2. The summed E-state index contributed by atoms with van der Waals surface area (Å²) in [5.41, 5.74) is 2.51. The molecule has 9 heteroatoms. The number of thiazole rings is 1. The van der Waals surface area contributed by atoms with Crippen LogP contribution in [0.25, 0.3) is 10.2 Å². The van der Waals surface area contributed by atoms with Crippen molar-refractivity contribution in [3.05, 3.63) is 81.2 Å².